The van der Waals surface area contributed by atoms with E-state index in [-0.39, 0.29) is 29.0 Å². The van der Waals surface area contributed by atoms with E-state index in [9.17, 15) is 31.5 Å². The lowest BCUT2D eigenvalue weighted by Crippen LogP contribution is -2.41. The molecule has 2 aromatic carbocycles. The van der Waals surface area contributed by atoms with Crippen LogP contribution in [0.15, 0.2) is 58.4 Å². The van der Waals surface area contributed by atoms with Crippen LogP contribution in [0.1, 0.15) is 31.0 Å². The summed E-state index contributed by atoms with van der Waals surface area (Å²) in [6, 6.07) is 6.82. The van der Waals surface area contributed by atoms with Crippen LogP contribution in [0.5, 0.6) is 0 Å². The van der Waals surface area contributed by atoms with Gasteiger partial charge in [-0.05, 0) is 43.7 Å². The van der Waals surface area contributed by atoms with Gasteiger partial charge in [-0.3, -0.25) is 9.36 Å². The van der Waals surface area contributed by atoms with E-state index in [0.717, 1.165) is 33.4 Å². The lowest BCUT2D eigenvalue weighted by molar-refractivity contribution is -0.137. The first-order valence-electron chi connectivity index (χ1n) is 9.83. The third-order valence-corrected chi connectivity index (χ3v) is 5.13. The monoisotopic (exact) mass is 464 g/mol. The molecule has 0 fully saturated rings. The van der Waals surface area contributed by atoms with Gasteiger partial charge >= 0.3 is 11.9 Å². The minimum absolute atomic E-state index is 0.0531. The van der Waals surface area contributed by atoms with E-state index in [4.69, 9.17) is 0 Å². The molecule has 0 saturated carbocycles. The molecular formula is C22H17F5N4O2. The molecule has 0 spiro atoms. The number of hydrogen-bond donors (Lipinski definition) is 0. The summed E-state index contributed by atoms with van der Waals surface area (Å²) in [5.74, 6) is -2.31. The lowest BCUT2D eigenvalue weighted by atomic mass is 10.1. The number of imidazole rings is 1. The summed E-state index contributed by atoms with van der Waals surface area (Å²) >= 11 is 0. The van der Waals surface area contributed by atoms with Gasteiger partial charge in [0, 0.05) is 18.7 Å². The molecule has 0 amide bonds. The molecule has 4 aromatic rings. The Hall–Kier alpha value is -3.76. The molecule has 0 aliphatic carbocycles. The van der Waals surface area contributed by atoms with E-state index >= 15 is 0 Å². The van der Waals surface area contributed by atoms with E-state index in [1.54, 1.807) is 13.8 Å². The lowest BCUT2D eigenvalue weighted by Gasteiger charge is -2.15. The molecule has 0 bridgehead atoms. The van der Waals surface area contributed by atoms with Crippen molar-refractivity contribution < 1.29 is 22.0 Å². The SMILES string of the molecule is CC(C)n1c(=O)c2c(ncn2Cc2cccc(C(F)(F)F)c2)n(-c2ccc(F)c(F)c2)c1=O. The smallest absolute Gasteiger partial charge is 0.320 e. The normalized spacial score (nSPS) is 12.1. The molecule has 2 aromatic heterocycles. The molecule has 0 saturated heterocycles. The van der Waals surface area contributed by atoms with Crippen molar-refractivity contribution >= 4 is 11.2 Å². The standard InChI is InChI=1S/C22H17F5N4O2/c1-12(2)30-20(32)18-19(31(21(30)33)15-6-7-16(23)17(24)9-15)28-11-29(18)10-13-4-3-5-14(8-13)22(25,26)27/h3-9,11-12H,10H2,1-2H3. The van der Waals surface area contributed by atoms with E-state index in [1.165, 1.54) is 29.1 Å². The Balaban J connectivity index is 1.96. The Morgan fingerprint density at radius 1 is 1.00 bits per heavy atom. The van der Waals surface area contributed by atoms with Crippen LogP contribution in [0, 0.1) is 11.6 Å². The number of fused-ring (bicyclic) bond motifs is 1. The second-order valence-electron chi connectivity index (χ2n) is 7.73. The summed E-state index contributed by atoms with van der Waals surface area (Å²) in [5.41, 5.74) is -2.34. The van der Waals surface area contributed by atoms with Crippen LogP contribution in [0.2, 0.25) is 0 Å². The maximum absolute atomic E-state index is 13.9. The number of nitrogens with zero attached hydrogens (tertiary/aromatic N) is 4. The molecule has 33 heavy (non-hydrogen) atoms. The largest absolute Gasteiger partial charge is 0.416 e. The van der Waals surface area contributed by atoms with E-state index < -0.39 is 40.7 Å². The van der Waals surface area contributed by atoms with Gasteiger partial charge in [-0.2, -0.15) is 13.2 Å². The number of halogens is 5. The zero-order valence-electron chi connectivity index (χ0n) is 17.4. The van der Waals surface area contributed by atoms with Crippen LogP contribution in [0.3, 0.4) is 0 Å². The van der Waals surface area contributed by atoms with Crippen LogP contribution in [-0.2, 0) is 12.7 Å². The van der Waals surface area contributed by atoms with E-state index in [1.807, 2.05) is 0 Å². The molecule has 0 aliphatic heterocycles. The maximum atomic E-state index is 13.9. The van der Waals surface area contributed by atoms with Gasteiger partial charge in [0.2, 0.25) is 0 Å². The summed E-state index contributed by atoms with van der Waals surface area (Å²) in [4.78, 5) is 30.4. The van der Waals surface area contributed by atoms with Crippen molar-refractivity contribution in [2.45, 2.75) is 32.6 Å². The quantitative estimate of drug-likeness (QED) is 0.424. The van der Waals surface area contributed by atoms with Gasteiger partial charge in [-0.15, -0.1) is 0 Å². The molecule has 4 rings (SSSR count). The van der Waals surface area contributed by atoms with Crippen molar-refractivity contribution in [3.63, 3.8) is 0 Å². The van der Waals surface area contributed by atoms with Crippen LogP contribution >= 0.6 is 0 Å². The van der Waals surface area contributed by atoms with Crippen LogP contribution < -0.4 is 11.2 Å². The van der Waals surface area contributed by atoms with Gasteiger partial charge in [0.15, 0.2) is 22.8 Å². The maximum Gasteiger partial charge on any atom is 0.416 e. The number of aromatic nitrogens is 4. The van der Waals surface area contributed by atoms with E-state index in [0.29, 0.717) is 0 Å². The van der Waals surface area contributed by atoms with Gasteiger partial charge in [0.05, 0.1) is 17.6 Å². The number of hydrogen-bond acceptors (Lipinski definition) is 3. The fourth-order valence-corrected chi connectivity index (χ4v) is 3.63. The predicted molar refractivity (Wildman–Crippen MR) is 110 cm³/mol. The van der Waals surface area contributed by atoms with Crippen molar-refractivity contribution in [3.05, 3.63) is 92.4 Å². The van der Waals surface area contributed by atoms with Gasteiger partial charge in [0.25, 0.3) is 5.56 Å². The van der Waals surface area contributed by atoms with Gasteiger partial charge in [-0.25, -0.2) is 23.1 Å². The first-order valence-corrected chi connectivity index (χ1v) is 9.83. The molecule has 2 heterocycles. The number of alkyl halides is 3. The van der Waals surface area contributed by atoms with Crippen LogP contribution in [0.25, 0.3) is 16.9 Å². The topological polar surface area (TPSA) is 61.8 Å². The average Bonchev–Trinajstić information content (AvgIpc) is 3.13. The predicted octanol–water partition coefficient (Wildman–Crippen LogP) is 4.28. The van der Waals surface area contributed by atoms with Crippen molar-refractivity contribution in [3.8, 4) is 5.69 Å². The molecule has 0 atom stereocenters. The first-order chi connectivity index (χ1) is 15.5. The fourth-order valence-electron chi connectivity index (χ4n) is 3.63. The third-order valence-electron chi connectivity index (χ3n) is 5.13. The molecule has 0 N–H and O–H groups in total. The van der Waals surface area contributed by atoms with Gasteiger partial charge in [-0.1, -0.05) is 12.1 Å². The first kappa shape index (κ1) is 22.4. The third kappa shape index (κ3) is 3.94. The Morgan fingerprint density at radius 3 is 2.36 bits per heavy atom. The molecular weight excluding hydrogens is 447 g/mol. The Morgan fingerprint density at radius 2 is 1.73 bits per heavy atom. The van der Waals surface area contributed by atoms with E-state index in [2.05, 4.69) is 4.98 Å². The summed E-state index contributed by atoms with van der Waals surface area (Å²) in [6.07, 6.45) is -3.32. The van der Waals surface area contributed by atoms with Crippen molar-refractivity contribution in [1.82, 2.24) is 18.7 Å². The molecule has 0 unspecified atom stereocenters. The highest BCUT2D eigenvalue weighted by Crippen LogP contribution is 2.30. The molecule has 6 nitrogen and oxygen atoms in total. The second-order valence-corrected chi connectivity index (χ2v) is 7.73. The van der Waals surface area contributed by atoms with Gasteiger partial charge in [0.1, 0.15) is 0 Å². The summed E-state index contributed by atoms with van der Waals surface area (Å²) in [6.45, 7) is 3.05. The van der Waals surface area contributed by atoms with Gasteiger partial charge < -0.3 is 4.57 Å². The minimum atomic E-state index is -4.54. The number of rotatable bonds is 4. The summed E-state index contributed by atoms with van der Waals surface area (Å²) < 4.78 is 69.8. The molecule has 0 aliphatic rings. The summed E-state index contributed by atoms with van der Waals surface area (Å²) in [5, 5.41) is 0. The average molecular weight is 464 g/mol. The Kier molecular flexibility index (Phi) is 5.43. The highest BCUT2D eigenvalue weighted by Gasteiger charge is 2.30. The van der Waals surface area contributed by atoms with Crippen LogP contribution in [-0.4, -0.2) is 18.7 Å². The Labute approximate surface area is 183 Å². The van der Waals surface area contributed by atoms with Crippen molar-refractivity contribution in [2.75, 3.05) is 0 Å². The fraction of sp³-hybridized carbons (Fsp3) is 0.227. The number of benzene rings is 2. The zero-order valence-corrected chi connectivity index (χ0v) is 17.4. The highest BCUT2D eigenvalue weighted by atomic mass is 19.4. The van der Waals surface area contributed by atoms with Crippen molar-refractivity contribution in [1.29, 1.82) is 0 Å². The van der Waals surface area contributed by atoms with Crippen LogP contribution in [0.4, 0.5) is 22.0 Å². The second kappa shape index (κ2) is 7.98. The molecule has 172 valence electrons. The Bertz CT molecular complexity index is 1480. The zero-order chi connectivity index (χ0) is 24.1. The minimum Gasteiger partial charge on any atom is -0.320 e. The molecule has 11 heteroatoms. The van der Waals surface area contributed by atoms with Crippen molar-refractivity contribution in [2.24, 2.45) is 0 Å². The summed E-state index contributed by atoms with van der Waals surface area (Å²) in [7, 11) is 0. The molecule has 0 radical (unpaired) electrons. The highest BCUT2D eigenvalue weighted by molar-refractivity contribution is 5.72.